The number of primary amides is 1. The molecule has 1 aromatic rings. The van der Waals surface area contributed by atoms with Crippen molar-refractivity contribution in [3.63, 3.8) is 0 Å². The molecule has 4 atom stereocenters. The summed E-state index contributed by atoms with van der Waals surface area (Å²) in [4.78, 5) is 17.6. The molecule has 1 saturated carbocycles. The normalized spacial score (nSPS) is 26.9. The van der Waals surface area contributed by atoms with Crippen molar-refractivity contribution in [1.82, 2.24) is 10.3 Å². The molecule has 1 aliphatic heterocycles. The van der Waals surface area contributed by atoms with Gasteiger partial charge in [0, 0.05) is 19.1 Å². The van der Waals surface area contributed by atoms with Gasteiger partial charge in [0.1, 0.15) is 11.5 Å². The van der Waals surface area contributed by atoms with Gasteiger partial charge in [-0.25, -0.2) is 4.98 Å². The van der Waals surface area contributed by atoms with Crippen molar-refractivity contribution in [2.75, 3.05) is 18.0 Å². The monoisotopic (exact) mass is 384 g/mol. The SMILES string of the molecule is CC(C)(C)C(N[C@H]1CC[C@@H]2CN(c3cccc(C(F)(F)F)n3)C[C@@H]21)C(N)=O. The number of anilines is 1. The zero-order chi connectivity index (χ0) is 20.0. The molecule has 2 fully saturated rings. The Bertz CT molecular complexity index is 701. The number of rotatable bonds is 4. The van der Waals surface area contributed by atoms with Crippen LogP contribution in [-0.2, 0) is 11.0 Å². The number of pyridine rings is 1. The molecule has 1 aromatic heterocycles. The average Bonchev–Trinajstić information content (AvgIpc) is 3.11. The number of halogens is 3. The molecule has 1 aliphatic carbocycles. The molecule has 0 aromatic carbocycles. The van der Waals surface area contributed by atoms with Gasteiger partial charge < -0.3 is 16.0 Å². The fourth-order valence-corrected chi connectivity index (χ4v) is 4.39. The smallest absolute Gasteiger partial charge is 0.368 e. The highest BCUT2D eigenvalue weighted by atomic mass is 19.4. The van der Waals surface area contributed by atoms with Crippen LogP contribution >= 0.6 is 0 Å². The van der Waals surface area contributed by atoms with E-state index in [1.54, 1.807) is 6.07 Å². The van der Waals surface area contributed by atoms with Gasteiger partial charge in [0.05, 0.1) is 6.04 Å². The first-order valence-electron chi connectivity index (χ1n) is 9.31. The Morgan fingerprint density at radius 3 is 2.56 bits per heavy atom. The second kappa shape index (κ2) is 6.96. The Morgan fingerprint density at radius 2 is 1.96 bits per heavy atom. The summed E-state index contributed by atoms with van der Waals surface area (Å²) in [6.07, 6.45) is -2.52. The number of nitrogens with zero attached hydrogens (tertiary/aromatic N) is 2. The fraction of sp³-hybridized carbons (Fsp3) is 0.684. The van der Waals surface area contributed by atoms with Crippen LogP contribution in [0.4, 0.5) is 19.0 Å². The summed E-state index contributed by atoms with van der Waals surface area (Å²) in [6.45, 7) is 7.22. The maximum atomic E-state index is 12.9. The lowest BCUT2D eigenvalue weighted by atomic mass is 9.85. The Balaban J connectivity index is 1.72. The Kier molecular flexibility index (Phi) is 5.14. The van der Waals surface area contributed by atoms with Gasteiger partial charge in [0.15, 0.2) is 0 Å². The predicted molar refractivity (Wildman–Crippen MR) is 97.0 cm³/mol. The van der Waals surface area contributed by atoms with E-state index in [4.69, 9.17) is 5.73 Å². The molecular weight excluding hydrogens is 357 g/mol. The summed E-state index contributed by atoms with van der Waals surface area (Å²) in [6, 6.07) is 3.70. The number of nitrogens with two attached hydrogens (primary N) is 1. The van der Waals surface area contributed by atoms with Crippen molar-refractivity contribution in [3.05, 3.63) is 23.9 Å². The summed E-state index contributed by atoms with van der Waals surface area (Å²) in [7, 11) is 0. The fourth-order valence-electron chi connectivity index (χ4n) is 4.39. The van der Waals surface area contributed by atoms with Gasteiger partial charge in [-0.1, -0.05) is 26.8 Å². The molecular formula is C19H27F3N4O. The lowest BCUT2D eigenvalue weighted by molar-refractivity contribution is -0.141. The quantitative estimate of drug-likeness (QED) is 0.838. The van der Waals surface area contributed by atoms with Gasteiger partial charge in [0.25, 0.3) is 0 Å². The second-order valence-corrected chi connectivity index (χ2v) is 8.76. The van der Waals surface area contributed by atoms with Crippen LogP contribution in [0.5, 0.6) is 0 Å². The topological polar surface area (TPSA) is 71.2 Å². The van der Waals surface area contributed by atoms with E-state index in [2.05, 4.69) is 10.3 Å². The molecule has 0 spiro atoms. The third-order valence-corrected chi connectivity index (χ3v) is 5.74. The summed E-state index contributed by atoms with van der Waals surface area (Å²) >= 11 is 0. The van der Waals surface area contributed by atoms with Crippen molar-refractivity contribution in [1.29, 1.82) is 0 Å². The minimum Gasteiger partial charge on any atom is -0.368 e. The van der Waals surface area contributed by atoms with Crippen LogP contribution in [0.15, 0.2) is 18.2 Å². The standard InChI is InChI=1S/C19H27F3N4O/c1-18(2,3)16(17(23)27)24-13-8-7-11-9-26(10-12(11)13)15-6-4-5-14(25-15)19(20,21)22/h4-6,11-13,16,24H,7-10H2,1-3H3,(H2,23,27)/t11-,12+,13+,16?/m1/s1. The highest BCUT2D eigenvalue weighted by molar-refractivity contribution is 5.80. The lowest BCUT2D eigenvalue weighted by Crippen LogP contribution is -2.54. The summed E-state index contributed by atoms with van der Waals surface area (Å²) in [5, 5.41) is 3.43. The molecule has 27 heavy (non-hydrogen) atoms. The van der Waals surface area contributed by atoms with Gasteiger partial charge in [-0.05, 0) is 42.2 Å². The van der Waals surface area contributed by atoms with Crippen LogP contribution in [0, 0.1) is 17.3 Å². The number of hydrogen-bond donors (Lipinski definition) is 2. The van der Waals surface area contributed by atoms with Gasteiger partial charge in [-0.15, -0.1) is 0 Å². The van der Waals surface area contributed by atoms with Crippen molar-refractivity contribution >= 4 is 11.7 Å². The molecule has 8 heteroatoms. The third-order valence-electron chi connectivity index (χ3n) is 5.74. The van der Waals surface area contributed by atoms with Crippen LogP contribution in [0.25, 0.3) is 0 Å². The Labute approximate surface area is 157 Å². The summed E-state index contributed by atoms with van der Waals surface area (Å²) in [5.41, 5.74) is 4.42. The highest BCUT2D eigenvalue weighted by Gasteiger charge is 2.45. The van der Waals surface area contributed by atoms with Crippen molar-refractivity contribution in [3.8, 4) is 0 Å². The molecule has 1 saturated heterocycles. The number of carbonyl (C=O) groups is 1. The van der Waals surface area contributed by atoms with E-state index < -0.39 is 17.9 Å². The molecule has 1 unspecified atom stereocenters. The van der Waals surface area contributed by atoms with Crippen molar-refractivity contribution in [2.24, 2.45) is 23.0 Å². The number of fused-ring (bicyclic) bond motifs is 1. The van der Waals surface area contributed by atoms with Crippen LogP contribution < -0.4 is 16.0 Å². The van der Waals surface area contributed by atoms with E-state index in [-0.39, 0.29) is 23.3 Å². The summed E-state index contributed by atoms with van der Waals surface area (Å²) < 4.78 is 38.8. The van der Waals surface area contributed by atoms with Gasteiger partial charge >= 0.3 is 6.18 Å². The maximum Gasteiger partial charge on any atom is 0.433 e. The van der Waals surface area contributed by atoms with Gasteiger partial charge in [-0.2, -0.15) is 13.2 Å². The largest absolute Gasteiger partial charge is 0.433 e. The lowest BCUT2D eigenvalue weighted by Gasteiger charge is -2.33. The van der Waals surface area contributed by atoms with E-state index in [9.17, 15) is 18.0 Å². The highest BCUT2D eigenvalue weighted by Crippen LogP contribution is 2.41. The van der Waals surface area contributed by atoms with E-state index in [0.29, 0.717) is 24.8 Å². The summed E-state index contributed by atoms with van der Waals surface area (Å²) in [5.74, 6) is 0.637. The predicted octanol–water partition coefficient (Wildman–Crippen LogP) is 2.80. The molecule has 3 N–H and O–H groups in total. The minimum atomic E-state index is -4.45. The number of amides is 1. The number of alkyl halides is 3. The van der Waals surface area contributed by atoms with E-state index >= 15 is 0 Å². The molecule has 2 heterocycles. The zero-order valence-corrected chi connectivity index (χ0v) is 15.9. The van der Waals surface area contributed by atoms with Crippen LogP contribution in [0.2, 0.25) is 0 Å². The van der Waals surface area contributed by atoms with Gasteiger partial charge in [0.2, 0.25) is 5.91 Å². The number of hydrogen-bond acceptors (Lipinski definition) is 4. The van der Waals surface area contributed by atoms with E-state index in [1.165, 1.54) is 6.07 Å². The first-order chi connectivity index (χ1) is 12.5. The molecule has 0 bridgehead atoms. The van der Waals surface area contributed by atoms with Gasteiger partial charge in [-0.3, -0.25) is 4.79 Å². The molecule has 1 amide bonds. The average molecular weight is 384 g/mol. The molecule has 2 aliphatic rings. The maximum absolute atomic E-state index is 12.9. The first kappa shape index (κ1) is 19.9. The Morgan fingerprint density at radius 1 is 1.26 bits per heavy atom. The van der Waals surface area contributed by atoms with E-state index in [0.717, 1.165) is 18.9 Å². The van der Waals surface area contributed by atoms with E-state index in [1.807, 2.05) is 25.7 Å². The minimum absolute atomic E-state index is 0.127. The number of aromatic nitrogens is 1. The third kappa shape index (κ3) is 4.20. The van der Waals surface area contributed by atoms with Crippen molar-refractivity contribution < 1.29 is 18.0 Å². The van der Waals surface area contributed by atoms with Crippen LogP contribution in [0.3, 0.4) is 0 Å². The number of carbonyl (C=O) groups excluding carboxylic acids is 1. The zero-order valence-electron chi connectivity index (χ0n) is 15.9. The van der Waals surface area contributed by atoms with Crippen LogP contribution in [0.1, 0.15) is 39.3 Å². The Hall–Kier alpha value is -1.83. The number of nitrogens with one attached hydrogen (secondary N) is 1. The van der Waals surface area contributed by atoms with Crippen molar-refractivity contribution in [2.45, 2.75) is 51.9 Å². The molecule has 0 radical (unpaired) electrons. The second-order valence-electron chi connectivity index (χ2n) is 8.76. The van der Waals surface area contributed by atoms with Crippen LogP contribution in [-0.4, -0.2) is 36.1 Å². The first-order valence-corrected chi connectivity index (χ1v) is 9.31. The molecule has 3 rings (SSSR count). The molecule has 150 valence electrons. The molecule has 5 nitrogen and oxygen atoms in total.